The molecular formula is C14H17N3O. The van der Waals surface area contributed by atoms with Gasteiger partial charge in [-0.3, -0.25) is 4.90 Å². The van der Waals surface area contributed by atoms with Crippen molar-refractivity contribution in [2.75, 3.05) is 26.2 Å². The van der Waals surface area contributed by atoms with Crippen LogP contribution < -0.4 is 5.32 Å². The van der Waals surface area contributed by atoms with Crippen LogP contribution in [0.1, 0.15) is 17.4 Å². The van der Waals surface area contributed by atoms with E-state index in [-0.39, 0.29) is 6.04 Å². The van der Waals surface area contributed by atoms with Crippen molar-refractivity contribution in [3.63, 3.8) is 0 Å². The van der Waals surface area contributed by atoms with Crippen molar-refractivity contribution in [1.29, 1.82) is 0 Å². The molecule has 1 aliphatic rings. The lowest BCUT2D eigenvalue weighted by molar-refractivity contribution is 0.180. The van der Waals surface area contributed by atoms with E-state index >= 15 is 0 Å². The lowest BCUT2D eigenvalue weighted by Gasteiger charge is -2.33. The lowest BCUT2D eigenvalue weighted by Crippen LogP contribution is -2.45. The van der Waals surface area contributed by atoms with E-state index < -0.39 is 0 Å². The van der Waals surface area contributed by atoms with E-state index in [4.69, 9.17) is 4.42 Å². The number of hydrogen-bond donors (Lipinski definition) is 1. The lowest BCUT2D eigenvalue weighted by atomic mass is 10.0. The monoisotopic (exact) mass is 243 g/mol. The highest BCUT2D eigenvalue weighted by atomic mass is 16.3. The molecule has 1 aromatic heterocycles. The smallest absolute Gasteiger partial charge is 0.180 e. The second-order valence-electron chi connectivity index (χ2n) is 4.50. The number of nitrogens with one attached hydrogen (secondary N) is 1. The van der Waals surface area contributed by atoms with Crippen LogP contribution >= 0.6 is 0 Å². The normalized spacial score (nSPS) is 18.7. The highest BCUT2D eigenvalue weighted by Gasteiger charge is 2.25. The summed E-state index contributed by atoms with van der Waals surface area (Å²) in [6.45, 7) is 4.11. The summed E-state index contributed by atoms with van der Waals surface area (Å²) in [5.41, 5.74) is 1.26. The Morgan fingerprint density at radius 2 is 1.94 bits per heavy atom. The number of nitrogens with zero attached hydrogens (tertiary/aromatic N) is 2. The predicted octanol–water partition coefficient (Wildman–Crippen LogP) is 1.67. The number of piperazine rings is 1. The molecule has 0 bridgehead atoms. The fourth-order valence-corrected chi connectivity index (χ4v) is 2.49. The average Bonchev–Trinajstić information content (AvgIpc) is 2.95. The molecule has 94 valence electrons. The van der Waals surface area contributed by atoms with E-state index in [9.17, 15) is 0 Å². The van der Waals surface area contributed by atoms with E-state index in [1.54, 1.807) is 0 Å². The van der Waals surface area contributed by atoms with Gasteiger partial charge in [0.05, 0.1) is 12.2 Å². The van der Waals surface area contributed by atoms with Crippen LogP contribution in [-0.4, -0.2) is 36.1 Å². The molecule has 0 radical (unpaired) electrons. The second kappa shape index (κ2) is 5.33. The molecule has 0 spiro atoms. The van der Waals surface area contributed by atoms with Crippen molar-refractivity contribution >= 4 is 0 Å². The minimum absolute atomic E-state index is 0.177. The van der Waals surface area contributed by atoms with Crippen molar-refractivity contribution in [3.8, 4) is 0 Å². The van der Waals surface area contributed by atoms with Gasteiger partial charge in [-0.15, -0.1) is 0 Å². The van der Waals surface area contributed by atoms with E-state index in [0.29, 0.717) is 0 Å². The number of oxazole rings is 1. The highest BCUT2D eigenvalue weighted by Crippen LogP contribution is 2.28. The van der Waals surface area contributed by atoms with Gasteiger partial charge in [-0.2, -0.15) is 0 Å². The molecule has 1 saturated heterocycles. The Balaban J connectivity index is 1.93. The van der Waals surface area contributed by atoms with E-state index in [0.717, 1.165) is 31.9 Å². The first-order valence-electron chi connectivity index (χ1n) is 6.33. The molecule has 1 fully saturated rings. The van der Waals surface area contributed by atoms with Crippen LogP contribution in [-0.2, 0) is 0 Å². The zero-order valence-corrected chi connectivity index (χ0v) is 10.2. The van der Waals surface area contributed by atoms with Crippen LogP contribution in [0.25, 0.3) is 0 Å². The maximum atomic E-state index is 5.53. The van der Waals surface area contributed by atoms with Crippen LogP contribution in [0.5, 0.6) is 0 Å². The molecule has 1 N–H and O–H groups in total. The van der Waals surface area contributed by atoms with Crippen molar-refractivity contribution in [1.82, 2.24) is 15.2 Å². The van der Waals surface area contributed by atoms with E-state index in [1.165, 1.54) is 12.0 Å². The SMILES string of the molecule is c1ccc(C(c2cnco2)N2CCNCC2)cc1. The third kappa shape index (κ3) is 2.30. The zero-order valence-electron chi connectivity index (χ0n) is 10.2. The zero-order chi connectivity index (χ0) is 12.2. The van der Waals surface area contributed by atoms with Gasteiger partial charge in [-0.25, -0.2) is 4.98 Å². The summed E-state index contributed by atoms with van der Waals surface area (Å²) >= 11 is 0. The van der Waals surface area contributed by atoms with Gasteiger partial charge in [0.25, 0.3) is 0 Å². The van der Waals surface area contributed by atoms with E-state index in [2.05, 4.69) is 39.5 Å². The Hall–Kier alpha value is -1.65. The standard InChI is InChI=1S/C14H17N3O/c1-2-4-12(5-3-1)14(13-10-16-11-18-13)17-8-6-15-7-9-17/h1-5,10-11,14-15H,6-9H2. The van der Waals surface area contributed by atoms with E-state index in [1.807, 2.05) is 12.3 Å². The summed E-state index contributed by atoms with van der Waals surface area (Å²) in [6.07, 6.45) is 3.33. The van der Waals surface area contributed by atoms with Crippen LogP contribution in [0.2, 0.25) is 0 Å². The molecule has 18 heavy (non-hydrogen) atoms. The Morgan fingerprint density at radius 3 is 2.61 bits per heavy atom. The van der Waals surface area contributed by atoms with Gasteiger partial charge < -0.3 is 9.73 Å². The third-order valence-electron chi connectivity index (χ3n) is 3.35. The summed E-state index contributed by atoms with van der Waals surface area (Å²) in [6, 6.07) is 10.7. The first-order chi connectivity index (χ1) is 8.95. The van der Waals surface area contributed by atoms with Crippen molar-refractivity contribution in [3.05, 3.63) is 54.2 Å². The molecule has 0 saturated carbocycles. The first kappa shape index (κ1) is 11.4. The van der Waals surface area contributed by atoms with Gasteiger partial charge >= 0.3 is 0 Å². The third-order valence-corrected chi connectivity index (χ3v) is 3.35. The summed E-state index contributed by atoms with van der Waals surface area (Å²) in [7, 11) is 0. The molecule has 1 atom stereocenters. The molecule has 1 aliphatic heterocycles. The Kier molecular flexibility index (Phi) is 3.39. The Morgan fingerprint density at radius 1 is 1.17 bits per heavy atom. The molecule has 4 nitrogen and oxygen atoms in total. The van der Waals surface area contributed by atoms with Gasteiger partial charge in [0.1, 0.15) is 5.76 Å². The average molecular weight is 243 g/mol. The second-order valence-corrected chi connectivity index (χ2v) is 4.50. The quantitative estimate of drug-likeness (QED) is 0.890. The molecule has 2 aromatic rings. The van der Waals surface area contributed by atoms with Crippen molar-refractivity contribution < 1.29 is 4.42 Å². The number of aromatic nitrogens is 1. The fraction of sp³-hybridized carbons (Fsp3) is 0.357. The number of rotatable bonds is 3. The van der Waals surface area contributed by atoms with Gasteiger partial charge in [0.15, 0.2) is 6.39 Å². The molecule has 1 unspecified atom stereocenters. The molecule has 0 amide bonds. The highest BCUT2D eigenvalue weighted by molar-refractivity contribution is 5.25. The molecule has 0 aliphatic carbocycles. The minimum Gasteiger partial charge on any atom is -0.446 e. The molecular weight excluding hydrogens is 226 g/mol. The molecule has 4 heteroatoms. The summed E-state index contributed by atoms with van der Waals surface area (Å²) < 4.78 is 5.53. The minimum atomic E-state index is 0.177. The van der Waals surface area contributed by atoms with Gasteiger partial charge in [-0.1, -0.05) is 30.3 Å². The van der Waals surface area contributed by atoms with Gasteiger partial charge in [0.2, 0.25) is 0 Å². The summed E-state index contributed by atoms with van der Waals surface area (Å²) in [5.74, 6) is 0.920. The summed E-state index contributed by atoms with van der Waals surface area (Å²) in [5, 5.41) is 3.38. The Bertz CT molecular complexity index is 463. The molecule has 1 aromatic carbocycles. The topological polar surface area (TPSA) is 41.3 Å². The van der Waals surface area contributed by atoms with Gasteiger partial charge in [-0.05, 0) is 5.56 Å². The van der Waals surface area contributed by atoms with Crippen molar-refractivity contribution in [2.24, 2.45) is 0 Å². The Labute approximate surface area is 107 Å². The van der Waals surface area contributed by atoms with Gasteiger partial charge in [0, 0.05) is 26.2 Å². The molecule has 3 rings (SSSR count). The summed E-state index contributed by atoms with van der Waals surface area (Å²) in [4.78, 5) is 6.49. The first-order valence-corrected chi connectivity index (χ1v) is 6.33. The van der Waals surface area contributed by atoms with Crippen LogP contribution in [0.3, 0.4) is 0 Å². The van der Waals surface area contributed by atoms with Crippen molar-refractivity contribution in [2.45, 2.75) is 6.04 Å². The van der Waals surface area contributed by atoms with Crippen LogP contribution in [0.4, 0.5) is 0 Å². The maximum absolute atomic E-state index is 5.53. The number of hydrogen-bond acceptors (Lipinski definition) is 4. The number of benzene rings is 1. The van der Waals surface area contributed by atoms with Crippen LogP contribution in [0.15, 0.2) is 47.3 Å². The van der Waals surface area contributed by atoms with Crippen LogP contribution in [0, 0.1) is 0 Å². The fourth-order valence-electron chi connectivity index (χ4n) is 2.49. The predicted molar refractivity (Wildman–Crippen MR) is 69.2 cm³/mol. The maximum Gasteiger partial charge on any atom is 0.180 e. The molecule has 2 heterocycles. The largest absolute Gasteiger partial charge is 0.446 e.